The van der Waals surface area contributed by atoms with Gasteiger partial charge in [0.25, 0.3) is 11.7 Å². The maximum absolute atomic E-state index is 13.6. The Morgan fingerprint density at radius 2 is 1.90 bits per heavy atom. The van der Waals surface area contributed by atoms with Crippen LogP contribution in [0, 0.1) is 11.6 Å². The van der Waals surface area contributed by atoms with Crippen molar-refractivity contribution in [2.24, 2.45) is 0 Å². The molecule has 1 aromatic rings. The Morgan fingerprint density at radius 3 is 2.52 bits per heavy atom. The van der Waals surface area contributed by atoms with Gasteiger partial charge in [0.2, 0.25) is 5.91 Å². The van der Waals surface area contributed by atoms with Gasteiger partial charge in [-0.25, -0.2) is 8.78 Å². The summed E-state index contributed by atoms with van der Waals surface area (Å²) in [4.78, 5) is 37.4. The number of Topliss-reactive ketones (excluding diaryl/α,β-unsaturated/α-hetero) is 1. The summed E-state index contributed by atoms with van der Waals surface area (Å²) < 4.78 is 26.9. The lowest BCUT2D eigenvalue weighted by molar-refractivity contribution is -0.128. The standard InChI is InChI=1S/C14H14F2N2O3/c1-17(2)11(19)4-3-5-18-10-7-8(15)6-9(16)12(10)13(20)14(18)21/h6-7H,3-5H2,1-2H3. The molecule has 0 fully saturated rings. The maximum atomic E-state index is 13.6. The van der Waals surface area contributed by atoms with Gasteiger partial charge in [-0.15, -0.1) is 0 Å². The van der Waals surface area contributed by atoms with Crippen molar-refractivity contribution in [1.82, 2.24) is 4.90 Å². The topological polar surface area (TPSA) is 57.7 Å². The minimum Gasteiger partial charge on any atom is -0.349 e. The van der Waals surface area contributed by atoms with Crippen molar-refractivity contribution in [3.63, 3.8) is 0 Å². The molecule has 1 heterocycles. The van der Waals surface area contributed by atoms with E-state index in [1.807, 2.05) is 0 Å². The number of halogens is 2. The van der Waals surface area contributed by atoms with Crippen LogP contribution in [0.3, 0.4) is 0 Å². The molecule has 0 spiro atoms. The van der Waals surface area contributed by atoms with E-state index in [1.165, 1.54) is 4.90 Å². The van der Waals surface area contributed by atoms with Crippen LogP contribution < -0.4 is 4.90 Å². The van der Waals surface area contributed by atoms with Gasteiger partial charge in [-0.05, 0) is 12.5 Å². The Kier molecular flexibility index (Phi) is 4.02. The SMILES string of the molecule is CN(C)C(=O)CCCN1C(=O)C(=O)c2c(F)cc(F)cc21. The molecule has 112 valence electrons. The molecule has 7 heteroatoms. The number of nitrogens with zero attached hydrogens (tertiary/aromatic N) is 2. The number of carbonyl (C=O) groups excluding carboxylic acids is 3. The highest BCUT2D eigenvalue weighted by Gasteiger charge is 2.38. The molecule has 0 saturated carbocycles. The Bertz CT molecular complexity index is 629. The lowest BCUT2D eigenvalue weighted by atomic mass is 10.1. The minimum absolute atomic E-state index is 0.0556. The van der Waals surface area contributed by atoms with Gasteiger partial charge in [0, 0.05) is 33.1 Å². The van der Waals surface area contributed by atoms with Gasteiger partial charge in [-0.3, -0.25) is 14.4 Å². The van der Waals surface area contributed by atoms with E-state index < -0.39 is 28.9 Å². The normalized spacial score (nSPS) is 13.6. The summed E-state index contributed by atoms with van der Waals surface area (Å²) in [6.45, 7) is 0.0556. The lowest BCUT2D eigenvalue weighted by Crippen LogP contribution is -2.31. The monoisotopic (exact) mass is 296 g/mol. The van der Waals surface area contributed by atoms with Gasteiger partial charge in [0.1, 0.15) is 11.6 Å². The second kappa shape index (κ2) is 5.59. The maximum Gasteiger partial charge on any atom is 0.299 e. The first kappa shape index (κ1) is 15.1. The summed E-state index contributed by atoms with van der Waals surface area (Å²) in [6.07, 6.45) is 0.478. The Labute approximate surface area is 120 Å². The largest absolute Gasteiger partial charge is 0.349 e. The van der Waals surface area contributed by atoms with Gasteiger partial charge in [-0.2, -0.15) is 0 Å². The van der Waals surface area contributed by atoms with Crippen LogP contribution in [0.15, 0.2) is 12.1 Å². The molecule has 0 atom stereocenters. The zero-order valence-electron chi connectivity index (χ0n) is 11.7. The molecule has 0 saturated heterocycles. The summed E-state index contributed by atoms with van der Waals surface area (Å²) in [5.41, 5.74) is -0.472. The summed E-state index contributed by atoms with van der Waals surface area (Å²) in [6, 6.07) is 1.53. The average molecular weight is 296 g/mol. The fraction of sp³-hybridized carbons (Fsp3) is 0.357. The first-order valence-electron chi connectivity index (χ1n) is 6.38. The van der Waals surface area contributed by atoms with E-state index >= 15 is 0 Å². The van der Waals surface area contributed by atoms with E-state index in [0.717, 1.165) is 11.0 Å². The van der Waals surface area contributed by atoms with E-state index in [1.54, 1.807) is 14.1 Å². The minimum atomic E-state index is -1.05. The van der Waals surface area contributed by atoms with Crippen molar-refractivity contribution >= 4 is 23.3 Å². The highest BCUT2D eigenvalue weighted by Crippen LogP contribution is 2.32. The third-order valence-electron chi connectivity index (χ3n) is 3.26. The van der Waals surface area contributed by atoms with E-state index in [2.05, 4.69) is 0 Å². The van der Waals surface area contributed by atoms with Crippen molar-refractivity contribution in [2.45, 2.75) is 12.8 Å². The van der Waals surface area contributed by atoms with Crippen LogP contribution in [0.4, 0.5) is 14.5 Å². The predicted octanol–water partition coefficient (Wildman–Crippen LogP) is 1.36. The molecule has 0 unspecified atom stereocenters. The van der Waals surface area contributed by atoms with Crippen molar-refractivity contribution in [3.8, 4) is 0 Å². The second-order valence-electron chi connectivity index (χ2n) is 4.96. The number of amides is 2. The smallest absolute Gasteiger partial charge is 0.299 e. The number of carbonyl (C=O) groups is 3. The number of anilines is 1. The lowest BCUT2D eigenvalue weighted by Gasteiger charge is -2.17. The van der Waals surface area contributed by atoms with E-state index in [-0.39, 0.29) is 24.6 Å². The fourth-order valence-corrected chi connectivity index (χ4v) is 2.17. The average Bonchev–Trinajstić information content (AvgIpc) is 2.63. The van der Waals surface area contributed by atoms with Crippen molar-refractivity contribution in [2.75, 3.05) is 25.5 Å². The van der Waals surface area contributed by atoms with Gasteiger partial charge in [0.15, 0.2) is 0 Å². The molecular weight excluding hydrogens is 282 g/mol. The fourth-order valence-electron chi connectivity index (χ4n) is 2.17. The Morgan fingerprint density at radius 1 is 1.24 bits per heavy atom. The van der Waals surface area contributed by atoms with Crippen LogP contribution >= 0.6 is 0 Å². The molecule has 5 nitrogen and oxygen atoms in total. The number of ketones is 1. The summed E-state index contributed by atoms with van der Waals surface area (Å²) in [5.74, 6) is -3.91. The Hall–Kier alpha value is -2.31. The van der Waals surface area contributed by atoms with Crippen LogP contribution in [0.25, 0.3) is 0 Å². The van der Waals surface area contributed by atoms with Crippen LogP contribution in [0.2, 0.25) is 0 Å². The molecule has 0 bridgehead atoms. The molecule has 1 aromatic carbocycles. The van der Waals surface area contributed by atoms with E-state index in [0.29, 0.717) is 12.5 Å². The van der Waals surface area contributed by atoms with Gasteiger partial charge < -0.3 is 9.80 Å². The quantitative estimate of drug-likeness (QED) is 0.788. The van der Waals surface area contributed by atoms with Crippen LogP contribution in [0.5, 0.6) is 0 Å². The third kappa shape index (κ3) is 2.76. The molecule has 2 rings (SSSR count). The number of hydrogen-bond acceptors (Lipinski definition) is 3. The van der Waals surface area contributed by atoms with Gasteiger partial charge in [0.05, 0.1) is 11.3 Å². The zero-order valence-corrected chi connectivity index (χ0v) is 11.7. The predicted molar refractivity (Wildman–Crippen MR) is 71.0 cm³/mol. The summed E-state index contributed by atoms with van der Waals surface area (Å²) >= 11 is 0. The molecule has 21 heavy (non-hydrogen) atoms. The highest BCUT2D eigenvalue weighted by molar-refractivity contribution is 6.52. The first-order valence-corrected chi connectivity index (χ1v) is 6.38. The summed E-state index contributed by atoms with van der Waals surface area (Å²) in [7, 11) is 3.21. The van der Waals surface area contributed by atoms with Crippen LogP contribution in [0.1, 0.15) is 23.2 Å². The van der Waals surface area contributed by atoms with Gasteiger partial charge in [-0.1, -0.05) is 0 Å². The highest BCUT2D eigenvalue weighted by atomic mass is 19.1. The second-order valence-corrected chi connectivity index (χ2v) is 4.96. The third-order valence-corrected chi connectivity index (χ3v) is 3.26. The first-order chi connectivity index (χ1) is 9.82. The molecule has 2 amide bonds. The zero-order chi connectivity index (χ0) is 15.7. The van der Waals surface area contributed by atoms with E-state index in [9.17, 15) is 23.2 Å². The molecular formula is C14H14F2N2O3. The molecule has 0 aliphatic carbocycles. The van der Waals surface area contributed by atoms with Crippen LogP contribution in [-0.4, -0.2) is 43.1 Å². The molecule has 0 aromatic heterocycles. The van der Waals surface area contributed by atoms with Crippen molar-refractivity contribution in [1.29, 1.82) is 0 Å². The van der Waals surface area contributed by atoms with Crippen molar-refractivity contribution < 1.29 is 23.2 Å². The number of benzene rings is 1. The molecule has 1 aliphatic rings. The molecule has 0 radical (unpaired) electrons. The number of fused-ring (bicyclic) bond motifs is 1. The van der Waals surface area contributed by atoms with Crippen molar-refractivity contribution in [3.05, 3.63) is 29.3 Å². The molecule has 1 aliphatic heterocycles. The van der Waals surface area contributed by atoms with Gasteiger partial charge >= 0.3 is 0 Å². The van der Waals surface area contributed by atoms with Crippen LogP contribution in [-0.2, 0) is 9.59 Å². The number of rotatable bonds is 4. The summed E-state index contributed by atoms with van der Waals surface area (Å²) in [5, 5.41) is 0. The molecule has 0 N–H and O–H groups in total. The van der Waals surface area contributed by atoms with E-state index in [4.69, 9.17) is 0 Å². The Balaban J connectivity index is 2.18. The number of hydrogen-bond donors (Lipinski definition) is 0.